The third-order valence-electron chi connectivity index (χ3n) is 6.79. The molecule has 0 atom stereocenters. The van der Waals surface area contributed by atoms with Gasteiger partial charge in [-0.25, -0.2) is 14.6 Å². The van der Waals surface area contributed by atoms with Crippen LogP contribution in [0.25, 0.3) is 27.6 Å². The van der Waals surface area contributed by atoms with Gasteiger partial charge in [-0.2, -0.15) is 5.10 Å². The Bertz CT molecular complexity index is 1540. The number of aromatic nitrogens is 5. The molecule has 0 spiro atoms. The summed E-state index contributed by atoms with van der Waals surface area (Å²) in [4.78, 5) is 21.7. The molecule has 2 aromatic carbocycles. The van der Waals surface area contributed by atoms with Crippen LogP contribution >= 0.6 is 0 Å². The number of fused-ring (bicyclic) bond motifs is 2. The number of nitrogens with two attached hydrogens (primary N) is 1. The van der Waals surface area contributed by atoms with Crippen LogP contribution in [0.3, 0.4) is 0 Å². The largest absolute Gasteiger partial charge is 0.382 e. The topological polar surface area (TPSA) is 116 Å². The lowest BCUT2D eigenvalue weighted by atomic mass is 9.94. The molecule has 5 aromatic rings. The van der Waals surface area contributed by atoms with Crippen LogP contribution in [0.15, 0.2) is 60.9 Å². The number of nitrogens with zero attached hydrogens (tertiary/aromatic N) is 5. The Morgan fingerprint density at radius 1 is 1.09 bits per heavy atom. The smallest absolute Gasteiger partial charge is 0.272 e. The lowest BCUT2D eigenvalue weighted by molar-refractivity contribution is 0.101. The number of carbonyl (C=O) groups is 1. The Labute approximate surface area is 202 Å². The van der Waals surface area contributed by atoms with Crippen molar-refractivity contribution < 1.29 is 4.79 Å². The van der Waals surface area contributed by atoms with E-state index in [0.29, 0.717) is 28.6 Å². The molecule has 4 N–H and O–H groups in total. The van der Waals surface area contributed by atoms with Crippen molar-refractivity contribution in [1.82, 2.24) is 29.6 Å². The van der Waals surface area contributed by atoms with Crippen molar-refractivity contribution in [2.75, 3.05) is 24.1 Å². The van der Waals surface area contributed by atoms with Gasteiger partial charge in [-0.15, -0.1) is 0 Å². The third-order valence-corrected chi connectivity index (χ3v) is 6.79. The second-order valence-electron chi connectivity index (χ2n) is 8.93. The van der Waals surface area contributed by atoms with Gasteiger partial charge in [0.2, 0.25) is 0 Å². The molecule has 1 saturated heterocycles. The van der Waals surface area contributed by atoms with Crippen LogP contribution < -0.4 is 16.4 Å². The highest BCUT2D eigenvalue weighted by atomic mass is 16.1. The number of benzene rings is 2. The predicted octanol–water partition coefficient (Wildman–Crippen LogP) is 3.61. The molecule has 1 aliphatic heterocycles. The van der Waals surface area contributed by atoms with Crippen LogP contribution in [-0.2, 0) is 7.05 Å². The van der Waals surface area contributed by atoms with Crippen molar-refractivity contribution in [3.8, 4) is 5.69 Å². The van der Waals surface area contributed by atoms with Gasteiger partial charge < -0.3 is 20.9 Å². The fourth-order valence-electron chi connectivity index (χ4n) is 4.94. The Kier molecular flexibility index (Phi) is 5.18. The molecule has 0 radical (unpaired) electrons. The molecule has 6 rings (SSSR count). The second kappa shape index (κ2) is 8.52. The van der Waals surface area contributed by atoms with Crippen molar-refractivity contribution in [2.24, 2.45) is 7.05 Å². The van der Waals surface area contributed by atoms with Gasteiger partial charge in [0.15, 0.2) is 5.82 Å². The molecule has 4 heterocycles. The van der Waals surface area contributed by atoms with Crippen LogP contribution in [0.2, 0.25) is 0 Å². The number of carbonyl (C=O) groups excluding carboxylic acids is 1. The number of nitrogens with one attached hydrogen (secondary N) is 2. The first-order chi connectivity index (χ1) is 17.1. The maximum Gasteiger partial charge on any atom is 0.272 e. The molecule has 0 saturated carbocycles. The van der Waals surface area contributed by atoms with E-state index in [-0.39, 0.29) is 5.91 Å². The number of hydrogen-bond donors (Lipinski definition) is 3. The van der Waals surface area contributed by atoms with Crippen molar-refractivity contribution in [1.29, 1.82) is 0 Å². The molecule has 1 fully saturated rings. The highest BCUT2D eigenvalue weighted by molar-refractivity contribution is 6.06. The van der Waals surface area contributed by atoms with E-state index in [4.69, 9.17) is 10.8 Å². The summed E-state index contributed by atoms with van der Waals surface area (Å²) in [6, 6.07) is 17.4. The van der Waals surface area contributed by atoms with Crippen LogP contribution in [0.4, 0.5) is 11.5 Å². The lowest BCUT2D eigenvalue weighted by Gasteiger charge is -2.20. The van der Waals surface area contributed by atoms with Crippen LogP contribution in [0.5, 0.6) is 0 Å². The number of rotatable bonds is 4. The van der Waals surface area contributed by atoms with Crippen molar-refractivity contribution in [2.45, 2.75) is 18.8 Å². The zero-order chi connectivity index (χ0) is 23.9. The lowest BCUT2D eigenvalue weighted by Crippen LogP contribution is -2.27. The number of hydrogen-bond acceptors (Lipinski definition) is 6. The second-order valence-corrected chi connectivity index (χ2v) is 8.93. The molecule has 0 aliphatic carbocycles. The van der Waals surface area contributed by atoms with Crippen LogP contribution in [-0.4, -0.2) is 43.3 Å². The van der Waals surface area contributed by atoms with Gasteiger partial charge in [0, 0.05) is 29.6 Å². The maximum absolute atomic E-state index is 13.0. The quantitative estimate of drug-likeness (QED) is 0.373. The van der Waals surface area contributed by atoms with Gasteiger partial charge in [-0.05, 0) is 62.3 Å². The summed E-state index contributed by atoms with van der Waals surface area (Å²) in [6.45, 7) is 1.93. The number of amides is 1. The van der Waals surface area contributed by atoms with Gasteiger partial charge in [0.05, 0.1) is 11.4 Å². The zero-order valence-electron chi connectivity index (χ0n) is 19.4. The SMILES string of the molecule is Cn1c(C(=O)Nc2ccc(-n3nc(C4CCNCC4)c4ncnc(N)c43)cc2)cc2ccccc21. The van der Waals surface area contributed by atoms with E-state index in [0.717, 1.165) is 53.7 Å². The summed E-state index contributed by atoms with van der Waals surface area (Å²) in [5.74, 6) is 0.566. The minimum absolute atomic E-state index is 0.160. The van der Waals surface area contributed by atoms with Crippen molar-refractivity contribution >= 4 is 39.3 Å². The van der Waals surface area contributed by atoms with E-state index >= 15 is 0 Å². The van der Waals surface area contributed by atoms with Crippen LogP contribution in [0.1, 0.15) is 34.9 Å². The number of aryl methyl sites for hydroxylation is 1. The Hall–Kier alpha value is -4.24. The summed E-state index contributed by atoms with van der Waals surface area (Å²) in [5.41, 5.74) is 11.9. The zero-order valence-corrected chi connectivity index (χ0v) is 19.4. The molecule has 0 bridgehead atoms. The van der Waals surface area contributed by atoms with E-state index in [2.05, 4.69) is 20.6 Å². The van der Waals surface area contributed by atoms with Gasteiger partial charge in [0.25, 0.3) is 5.91 Å². The molecule has 9 nitrogen and oxygen atoms in total. The summed E-state index contributed by atoms with van der Waals surface area (Å²) in [7, 11) is 1.90. The van der Waals surface area contributed by atoms with Gasteiger partial charge in [-0.3, -0.25) is 4.79 Å². The summed E-state index contributed by atoms with van der Waals surface area (Å²) >= 11 is 0. The van der Waals surface area contributed by atoms with E-state index < -0.39 is 0 Å². The minimum Gasteiger partial charge on any atom is -0.382 e. The van der Waals surface area contributed by atoms with Crippen molar-refractivity contribution in [3.05, 3.63) is 72.3 Å². The number of nitrogen functional groups attached to an aromatic ring is 1. The summed E-state index contributed by atoms with van der Waals surface area (Å²) in [5, 5.41) is 12.4. The first-order valence-electron chi connectivity index (χ1n) is 11.8. The predicted molar refractivity (Wildman–Crippen MR) is 137 cm³/mol. The molecule has 35 heavy (non-hydrogen) atoms. The molecule has 176 valence electrons. The molecule has 1 aliphatic rings. The molecular formula is C26H26N8O. The molecule has 1 amide bonds. The number of piperidine rings is 1. The molecule has 9 heteroatoms. The number of anilines is 2. The Balaban J connectivity index is 1.31. The van der Waals surface area contributed by atoms with Crippen LogP contribution in [0, 0.1) is 0 Å². The van der Waals surface area contributed by atoms with Gasteiger partial charge >= 0.3 is 0 Å². The fourth-order valence-corrected chi connectivity index (χ4v) is 4.94. The third kappa shape index (κ3) is 3.70. The first-order valence-corrected chi connectivity index (χ1v) is 11.8. The fraction of sp³-hybridized carbons (Fsp3) is 0.231. The Morgan fingerprint density at radius 2 is 1.86 bits per heavy atom. The van der Waals surface area contributed by atoms with Gasteiger partial charge in [-0.1, -0.05) is 18.2 Å². The normalized spacial score (nSPS) is 14.5. The number of para-hydroxylation sites is 1. The standard InChI is InChI=1S/C26H26N8O/c1-33-20-5-3-2-4-17(20)14-21(33)26(35)31-18-6-8-19(9-7-18)34-24-23(29-15-30-25(24)27)22(32-34)16-10-12-28-13-11-16/h2-9,14-16,28H,10-13H2,1H3,(H,31,35)(H2,27,29,30). The average Bonchev–Trinajstić information content (AvgIpc) is 3.45. The van der Waals surface area contributed by atoms with E-state index in [9.17, 15) is 4.79 Å². The monoisotopic (exact) mass is 466 g/mol. The molecular weight excluding hydrogens is 440 g/mol. The van der Waals surface area contributed by atoms with Crippen molar-refractivity contribution in [3.63, 3.8) is 0 Å². The summed E-state index contributed by atoms with van der Waals surface area (Å²) < 4.78 is 3.72. The first kappa shape index (κ1) is 21.3. The average molecular weight is 467 g/mol. The summed E-state index contributed by atoms with van der Waals surface area (Å²) in [6.07, 6.45) is 3.52. The van der Waals surface area contributed by atoms with Gasteiger partial charge in [0.1, 0.15) is 23.1 Å². The van der Waals surface area contributed by atoms with E-state index in [1.165, 1.54) is 6.33 Å². The Morgan fingerprint density at radius 3 is 2.63 bits per heavy atom. The highest BCUT2D eigenvalue weighted by Crippen LogP contribution is 2.32. The molecule has 0 unspecified atom stereocenters. The van der Waals surface area contributed by atoms with E-state index in [1.807, 2.05) is 70.9 Å². The molecule has 3 aromatic heterocycles. The van der Waals surface area contributed by atoms with E-state index in [1.54, 1.807) is 0 Å². The maximum atomic E-state index is 13.0. The minimum atomic E-state index is -0.160. The highest BCUT2D eigenvalue weighted by Gasteiger charge is 2.25.